The van der Waals surface area contributed by atoms with Crippen molar-refractivity contribution in [2.24, 2.45) is 0 Å². The molecule has 1 saturated heterocycles. The van der Waals surface area contributed by atoms with E-state index in [9.17, 15) is 15.2 Å². The Labute approximate surface area is 307 Å². The summed E-state index contributed by atoms with van der Waals surface area (Å²) >= 11 is 0. The Balaban J connectivity index is 1.19. The van der Waals surface area contributed by atoms with Gasteiger partial charge in [0.05, 0.1) is 50.1 Å². The van der Waals surface area contributed by atoms with Gasteiger partial charge in [0, 0.05) is 35.4 Å². The SMILES string of the molecule is COc1ccc(C(OC[C@H]2O[C@@H](c3cc4ccccc4nc3OCCc3ccccc3[N+](=O)[O-])C[C@@H]2O)(c2ccccc2)c2ccc(OC)cc2)cc1. The van der Waals surface area contributed by atoms with E-state index in [1.807, 2.05) is 109 Å². The fraction of sp³-hybridized carbons (Fsp3) is 0.233. The van der Waals surface area contributed by atoms with Crippen LogP contribution in [0.2, 0.25) is 0 Å². The van der Waals surface area contributed by atoms with Gasteiger partial charge in [0.1, 0.15) is 23.2 Å². The Kier molecular flexibility index (Phi) is 10.6. The molecular weight excluding hydrogens is 672 g/mol. The second kappa shape index (κ2) is 15.8. The van der Waals surface area contributed by atoms with Crippen molar-refractivity contribution in [2.75, 3.05) is 27.4 Å². The number of ether oxygens (including phenoxy) is 5. The third-order valence-electron chi connectivity index (χ3n) is 9.72. The highest BCUT2D eigenvalue weighted by atomic mass is 16.6. The zero-order valence-corrected chi connectivity index (χ0v) is 29.5. The topological polar surface area (TPSA) is 122 Å². The first kappa shape index (κ1) is 35.6. The Morgan fingerprint density at radius 1 is 0.811 bits per heavy atom. The molecule has 0 aliphatic carbocycles. The minimum absolute atomic E-state index is 0.0451. The molecule has 3 atom stereocenters. The molecule has 1 aliphatic rings. The van der Waals surface area contributed by atoms with Gasteiger partial charge in [-0.3, -0.25) is 10.1 Å². The number of rotatable bonds is 14. The molecule has 0 saturated carbocycles. The Morgan fingerprint density at radius 3 is 2.08 bits per heavy atom. The molecule has 0 unspecified atom stereocenters. The number of nitro benzene ring substituents is 1. The Morgan fingerprint density at radius 2 is 1.42 bits per heavy atom. The third-order valence-corrected chi connectivity index (χ3v) is 9.72. The molecule has 2 heterocycles. The highest BCUT2D eigenvalue weighted by molar-refractivity contribution is 5.80. The third kappa shape index (κ3) is 7.43. The van der Waals surface area contributed by atoms with Crippen LogP contribution in [0.5, 0.6) is 17.4 Å². The molecule has 53 heavy (non-hydrogen) atoms. The summed E-state index contributed by atoms with van der Waals surface area (Å²) in [5, 5.41) is 24.0. The van der Waals surface area contributed by atoms with Crippen LogP contribution in [0.1, 0.15) is 40.3 Å². The fourth-order valence-corrected chi connectivity index (χ4v) is 6.98. The number of nitrogens with zero attached hydrogens (tertiary/aromatic N) is 2. The zero-order chi connectivity index (χ0) is 36.8. The van der Waals surface area contributed by atoms with Crippen molar-refractivity contribution in [1.29, 1.82) is 0 Å². The lowest BCUT2D eigenvalue weighted by Crippen LogP contribution is -2.38. The standard InChI is InChI=1S/C43H40N2O8/c1-49-34-20-16-32(17-21-34)43(31-12-4-3-5-13-31,33-18-22-35(50-2)23-19-33)52-28-41-39(46)27-40(53-41)36-26-30-11-6-8-14-37(30)44-42(36)51-25-24-29-10-7-9-15-38(29)45(47)48/h3-23,26,39-41,46H,24-25,27-28H2,1-2H3/t39-,40+,41+/m0/s1. The summed E-state index contributed by atoms with van der Waals surface area (Å²) in [6.45, 7) is 0.216. The number of aromatic nitrogens is 1. The van der Waals surface area contributed by atoms with E-state index >= 15 is 0 Å². The van der Waals surface area contributed by atoms with Crippen LogP contribution in [-0.4, -0.2) is 54.7 Å². The number of nitro groups is 1. The number of hydrogen-bond acceptors (Lipinski definition) is 9. The van der Waals surface area contributed by atoms with Gasteiger partial charge in [-0.1, -0.05) is 91.0 Å². The van der Waals surface area contributed by atoms with E-state index < -0.39 is 23.9 Å². The Bertz CT molecular complexity index is 2110. The van der Waals surface area contributed by atoms with Crippen LogP contribution < -0.4 is 14.2 Å². The fourth-order valence-electron chi connectivity index (χ4n) is 6.98. The van der Waals surface area contributed by atoms with Crippen LogP contribution in [0.25, 0.3) is 10.9 Å². The van der Waals surface area contributed by atoms with Crippen LogP contribution in [0.15, 0.2) is 133 Å². The van der Waals surface area contributed by atoms with Crippen LogP contribution in [-0.2, 0) is 21.5 Å². The lowest BCUT2D eigenvalue weighted by Gasteiger charge is -2.37. The number of benzene rings is 5. The average molecular weight is 713 g/mol. The van der Waals surface area contributed by atoms with E-state index in [0.29, 0.717) is 34.9 Å². The first-order valence-electron chi connectivity index (χ1n) is 17.5. The van der Waals surface area contributed by atoms with Gasteiger partial charge in [-0.2, -0.15) is 0 Å². The van der Waals surface area contributed by atoms with Gasteiger partial charge < -0.3 is 28.8 Å². The van der Waals surface area contributed by atoms with E-state index in [2.05, 4.69) is 0 Å². The second-order valence-electron chi connectivity index (χ2n) is 12.8. The maximum Gasteiger partial charge on any atom is 0.272 e. The quantitative estimate of drug-likeness (QED) is 0.0681. The van der Waals surface area contributed by atoms with Crippen molar-refractivity contribution in [3.8, 4) is 17.4 Å². The molecule has 0 spiro atoms. The van der Waals surface area contributed by atoms with Crippen LogP contribution >= 0.6 is 0 Å². The van der Waals surface area contributed by atoms with Crippen molar-refractivity contribution < 1.29 is 33.7 Å². The number of aliphatic hydroxyl groups is 1. The van der Waals surface area contributed by atoms with E-state index in [-0.39, 0.29) is 30.2 Å². The molecule has 0 amide bonds. The number of aliphatic hydroxyl groups excluding tert-OH is 1. The summed E-state index contributed by atoms with van der Waals surface area (Å²) in [6.07, 6.45) is -1.49. The minimum Gasteiger partial charge on any atom is -0.497 e. The summed E-state index contributed by atoms with van der Waals surface area (Å²) in [5.74, 6) is 1.79. The molecule has 1 aromatic heterocycles. The summed E-state index contributed by atoms with van der Waals surface area (Å²) in [4.78, 5) is 16.0. The van der Waals surface area contributed by atoms with Crippen molar-refractivity contribution in [1.82, 2.24) is 4.98 Å². The van der Waals surface area contributed by atoms with E-state index in [1.54, 1.807) is 32.4 Å². The van der Waals surface area contributed by atoms with E-state index in [1.165, 1.54) is 6.07 Å². The lowest BCUT2D eigenvalue weighted by atomic mass is 9.80. The molecular formula is C43H40N2O8. The van der Waals surface area contributed by atoms with Gasteiger partial charge >= 0.3 is 0 Å². The maximum absolute atomic E-state index is 11.6. The lowest BCUT2D eigenvalue weighted by molar-refractivity contribution is -0.385. The second-order valence-corrected chi connectivity index (χ2v) is 12.8. The highest BCUT2D eigenvalue weighted by Crippen LogP contribution is 2.44. The average Bonchev–Trinajstić information content (AvgIpc) is 3.58. The van der Waals surface area contributed by atoms with Crippen molar-refractivity contribution in [2.45, 2.75) is 36.8 Å². The van der Waals surface area contributed by atoms with Gasteiger partial charge in [0.15, 0.2) is 0 Å². The summed E-state index contributed by atoms with van der Waals surface area (Å²) in [5.41, 5.74) is 3.59. The van der Waals surface area contributed by atoms with Crippen molar-refractivity contribution in [3.63, 3.8) is 0 Å². The number of fused-ring (bicyclic) bond motifs is 1. The molecule has 270 valence electrons. The molecule has 5 aromatic carbocycles. The summed E-state index contributed by atoms with van der Waals surface area (Å²) in [6, 6.07) is 41.8. The van der Waals surface area contributed by atoms with E-state index in [0.717, 1.165) is 27.6 Å². The number of pyridine rings is 1. The zero-order valence-electron chi connectivity index (χ0n) is 29.5. The first-order chi connectivity index (χ1) is 25.9. The number of methoxy groups -OCH3 is 2. The van der Waals surface area contributed by atoms with Crippen LogP contribution in [0, 0.1) is 10.1 Å². The molecule has 6 aromatic rings. The smallest absolute Gasteiger partial charge is 0.272 e. The van der Waals surface area contributed by atoms with Gasteiger partial charge in [-0.25, -0.2) is 4.98 Å². The van der Waals surface area contributed by atoms with Gasteiger partial charge in [-0.05, 0) is 53.1 Å². The van der Waals surface area contributed by atoms with Gasteiger partial charge in [-0.15, -0.1) is 0 Å². The minimum atomic E-state index is -1.08. The van der Waals surface area contributed by atoms with Crippen LogP contribution in [0.3, 0.4) is 0 Å². The molecule has 10 heteroatoms. The maximum atomic E-state index is 11.6. The number of hydrogen-bond donors (Lipinski definition) is 1. The van der Waals surface area contributed by atoms with Crippen molar-refractivity contribution >= 4 is 16.6 Å². The van der Waals surface area contributed by atoms with E-state index in [4.69, 9.17) is 28.7 Å². The summed E-state index contributed by atoms with van der Waals surface area (Å²) < 4.78 is 30.9. The molecule has 7 rings (SSSR count). The molecule has 1 fully saturated rings. The first-order valence-corrected chi connectivity index (χ1v) is 17.5. The normalized spacial score (nSPS) is 17.1. The Hall–Kier alpha value is -5.81. The van der Waals surface area contributed by atoms with Gasteiger partial charge in [0.25, 0.3) is 5.69 Å². The molecule has 1 N–H and O–H groups in total. The summed E-state index contributed by atoms with van der Waals surface area (Å²) in [7, 11) is 3.26. The van der Waals surface area contributed by atoms with Crippen molar-refractivity contribution in [3.05, 3.63) is 171 Å². The highest BCUT2D eigenvalue weighted by Gasteiger charge is 2.42. The molecule has 10 nitrogen and oxygen atoms in total. The molecule has 0 radical (unpaired) electrons. The monoisotopic (exact) mass is 712 g/mol. The van der Waals surface area contributed by atoms with Gasteiger partial charge in [0.2, 0.25) is 5.88 Å². The number of para-hydroxylation sites is 2. The predicted molar refractivity (Wildman–Crippen MR) is 201 cm³/mol. The van der Waals surface area contributed by atoms with Crippen LogP contribution in [0.4, 0.5) is 5.69 Å². The molecule has 1 aliphatic heterocycles. The largest absolute Gasteiger partial charge is 0.497 e. The predicted octanol–water partition coefficient (Wildman–Crippen LogP) is 7.98. The molecule has 0 bridgehead atoms.